The van der Waals surface area contributed by atoms with Crippen LogP contribution in [0.1, 0.15) is 5.56 Å². The molecule has 10 heteroatoms. The maximum Gasteiger partial charge on any atom is 0.250 e. The zero-order valence-electron chi connectivity index (χ0n) is 15.5. The highest BCUT2D eigenvalue weighted by molar-refractivity contribution is 5.80. The molecule has 0 bridgehead atoms. The Morgan fingerprint density at radius 1 is 0.742 bits per heavy atom. The molecular formula is C21H12F5N5. The van der Waals surface area contributed by atoms with Crippen molar-refractivity contribution < 1.29 is 22.0 Å². The summed E-state index contributed by atoms with van der Waals surface area (Å²) in [5, 5.41) is 14.3. The molecule has 0 spiro atoms. The standard InChI is InChI=1S/C21H12F5N5/c22-12-7-9-13(10-8-12)28-21-30-29-20(19-17(25)5-2-6-18(19)26)31(21)27-11-14-15(23)3-1-4-16(14)24/h1-11H,(H,28,30)/b27-11+. The number of rotatable bonds is 5. The molecule has 0 aliphatic carbocycles. The fourth-order valence-electron chi connectivity index (χ4n) is 2.75. The highest BCUT2D eigenvalue weighted by atomic mass is 19.1. The van der Waals surface area contributed by atoms with Crippen molar-refractivity contribution in [2.45, 2.75) is 0 Å². The van der Waals surface area contributed by atoms with E-state index in [4.69, 9.17) is 0 Å². The summed E-state index contributed by atoms with van der Waals surface area (Å²) in [4.78, 5) is 0. The van der Waals surface area contributed by atoms with Gasteiger partial charge in [-0.3, -0.25) is 0 Å². The maximum absolute atomic E-state index is 14.3. The third kappa shape index (κ3) is 4.13. The number of nitrogens with zero attached hydrogens (tertiary/aromatic N) is 4. The van der Waals surface area contributed by atoms with Crippen LogP contribution < -0.4 is 5.32 Å². The molecule has 0 radical (unpaired) electrons. The molecule has 0 fully saturated rings. The number of anilines is 2. The van der Waals surface area contributed by atoms with E-state index in [1.54, 1.807) is 0 Å². The van der Waals surface area contributed by atoms with E-state index >= 15 is 0 Å². The van der Waals surface area contributed by atoms with E-state index in [1.807, 2.05) is 0 Å². The van der Waals surface area contributed by atoms with Crippen LogP contribution in [0.15, 0.2) is 65.8 Å². The zero-order valence-corrected chi connectivity index (χ0v) is 15.5. The summed E-state index contributed by atoms with van der Waals surface area (Å²) in [6.07, 6.45) is 0.839. The van der Waals surface area contributed by atoms with Gasteiger partial charge in [0.25, 0.3) is 0 Å². The molecule has 1 heterocycles. The first-order valence-corrected chi connectivity index (χ1v) is 8.85. The molecule has 0 aliphatic rings. The van der Waals surface area contributed by atoms with Gasteiger partial charge in [-0.25, -0.2) is 22.0 Å². The van der Waals surface area contributed by atoms with Gasteiger partial charge in [0.2, 0.25) is 5.95 Å². The molecule has 156 valence electrons. The Labute approximate surface area is 172 Å². The van der Waals surface area contributed by atoms with Crippen molar-refractivity contribution in [2.24, 2.45) is 5.10 Å². The molecule has 0 amide bonds. The van der Waals surface area contributed by atoms with E-state index in [0.29, 0.717) is 5.69 Å². The number of aromatic nitrogens is 3. The Hall–Kier alpha value is -4.08. The number of benzene rings is 3. The first-order chi connectivity index (χ1) is 14.9. The second-order valence-corrected chi connectivity index (χ2v) is 6.27. The molecule has 5 nitrogen and oxygen atoms in total. The highest BCUT2D eigenvalue weighted by Gasteiger charge is 2.21. The summed E-state index contributed by atoms with van der Waals surface area (Å²) in [5.41, 5.74) is -0.639. The lowest BCUT2D eigenvalue weighted by Gasteiger charge is -2.08. The van der Waals surface area contributed by atoms with Crippen molar-refractivity contribution in [3.63, 3.8) is 0 Å². The summed E-state index contributed by atoms with van der Waals surface area (Å²) < 4.78 is 70.7. The Morgan fingerprint density at radius 3 is 1.94 bits per heavy atom. The summed E-state index contributed by atoms with van der Waals surface area (Å²) in [6, 6.07) is 11.6. The van der Waals surface area contributed by atoms with E-state index in [-0.39, 0.29) is 11.8 Å². The van der Waals surface area contributed by atoms with Crippen molar-refractivity contribution in [3.05, 3.63) is 95.3 Å². The Bertz CT molecular complexity index is 1230. The van der Waals surface area contributed by atoms with E-state index < -0.39 is 40.2 Å². The quantitative estimate of drug-likeness (QED) is 0.348. The van der Waals surface area contributed by atoms with Gasteiger partial charge in [-0.2, -0.15) is 9.78 Å². The number of nitrogens with one attached hydrogen (secondary N) is 1. The Kier molecular flexibility index (Phi) is 5.44. The SMILES string of the molecule is Fc1ccc(Nc2nnc(-c3c(F)cccc3F)n2/N=C/c2c(F)cccc2F)cc1. The lowest BCUT2D eigenvalue weighted by molar-refractivity contribution is 0.579. The minimum atomic E-state index is -0.936. The van der Waals surface area contributed by atoms with Crippen LogP contribution in [0.2, 0.25) is 0 Å². The monoisotopic (exact) mass is 429 g/mol. The van der Waals surface area contributed by atoms with Gasteiger partial charge in [0.1, 0.15) is 29.1 Å². The van der Waals surface area contributed by atoms with Gasteiger partial charge in [0.15, 0.2) is 5.82 Å². The molecule has 0 unspecified atom stereocenters. The number of hydrogen-bond donors (Lipinski definition) is 1. The maximum atomic E-state index is 14.3. The summed E-state index contributed by atoms with van der Waals surface area (Å²) >= 11 is 0. The number of hydrogen-bond acceptors (Lipinski definition) is 4. The molecule has 0 atom stereocenters. The first kappa shape index (κ1) is 20.2. The topological polar surface area (TPSA) is 55.1 Å². The van der Waals surface area contributed by atoms with E-state index in [0.717, 1.165) is 35.2 Å². The second kappa shape index (κ2) is 8.34. The van der Waals surface area contributed by atoms with Crippen molar-refractivity contribution in [1.29, 1.82) is 0 Å². The van der Waals surface area contributed by atoms with Crippen molar-refractivity contribution in [1.82, 2.24) is 14.9 Å². The largest absolute Gasteiger partial charge is 0.323 e. The molecule has 0 aliphatic heterocycles. The van der Waals surface area contributed by atoms with Crippen LogP contribution in [0.3, 0.4) is 0 Å². The fraction of sp³-hybridized carbons (Fsp3) is 0. The van der Waals surface area contributed by atoms with Crippen LogP contribution in [-0.2, 0) is 0 Å². The van der Waals surface area contributed by atoms with E-state index in [2.05, 4.69) is 20.6 Å². The molecule has 0 saturated heterocycles. The van der Waals surface area contributed by atoms with Crippen molar-refractivity contribution in [2.75, 3.05) is 5.32 Å². The number of halogens is 5. The molecule has 0 saturated carbocycles. The lowest BCUT2D eigenvalue weighted by atomic mass is 10.2. The summed E-state index contributed by atoms with van der Waals surface area (Å²) in [6.45, 7) is 0. The molecular weight excluding hydrogens is 417 g/mol. The molecule has 31 heavy (non-hydrogen) atoms. The van der Waals surface area contributed by atoms with Gasteiger partial charge in [0, 0.05) is 5.69 Å². The van der Waals surface area contributed by atoms with Crippen LogP contribution in [0.5, 0.6) is 0 Å². The van der Waals surface area contributed by atoms with Crippen LogP contribution in [0.25, 0.3) is 11.4 Å². The molecule has 4 rings (SSSR count). The van der Waals surface area contributed by atoms with Crippen LogP contribution in [0, 0.1) is 29.1 Å². The normalized spacial score (nSPS) is 11.3. The smallest absolute Gasteiger partial charge is 0.250 e. The van der Waals surface area contributed by atoms with Crippen molar-refractivity contribution in [3.8, 4) is 11.4 Å². The molecule has 4 aromatic rings. The summed E-state index contributed by atoms with van der Waals surface area (Å²) in [5.74, 6) is -4.60. The first-order valence-electron chi connectivity index (χ1n) is 8.85. The summed E-state index contributed by atoms with van der Waals surface area (Å²) in [7, 11) is 0. The molecule has 1 aromatic heterocycles. The van der Waals surface area contributed by atoms with Gasteiger partial charge < -0.3 is 5.32 Å². The lowest BCUT2D eigenvalue weighted by Crippen LogP contribution is -2.04. The van der Waals surface area contributed by atoms with Gasteiger partial charge in [-0.1, -0.05) is 12.1 Å². The minimum Gasteiger partial charge on any atom is -0.323 e. The Morgan fingerprint density at radius 2 is 1.32 bits per heavy atom. The minimum absolute atomic E-state index is 0.128. The average Bonchev–Trinajstić information content (AvgIpc) is 3.11. The van der Waals surface area contributed by atoms with Crippen LogP contribution in [-0.4, -0.2) is 21.1 Å². The van der Waals surface area contributed by atoms with Gasteiger partial charge >= 0.3 is 0 Å². The van der Waals surface area contributed by atoms with Crippen molar-refractivity contribution >= 4 is 17.9 Å². The fourth-order valence-corrected chi connectivity index (χ4v) is 2.75. The third-order valence-corrected chi connectivity index (χ3v) is 4.23. The zero-order chi connectivity index (χ0) is 22.0. The van der Waals surface area contributed by atoms with Gasteiger partial charge in [-0.05, 0) is 48.5 Å². The van der Waals surface area contributed by atoms with Gasteiger partial charge in [0.05, 0.1) is 17.3 Å². The van der Waals surface area contributed by atoms with E-state index in [9.17, 15) is 22.0 Å². The van der Waals surface area contributed by atoms with E-state index in [1.165, 1.54) is 36.4 Å². The van der Waals surface area contributed by atoms with Crippen LogP contribution in [0.4, 0.5) is 33.6 Å². The Balaban J connectivity index is 1.84. The van der Waals surface area contributed by atoms with Gasteiger partial charge in [-0.15, -0.1) is 10.2 Å². The van der Waals surface area contributed by atoms with Crippen LogP contribution >= 0.6 is 0 Å². The predicted octanol–water partition coefficient (Wildman–Crippen LogP) is 5.27. The average molecular weight is 429 g/mol. The third-order valence-electron chi connectivity index (χ3n) is 4.23. The second-order valence-electron chi connectivity index (χ2n) is 6.27. The highest BCUT2D eigenvalue weighted by Crippen LogP contribution is 2.27. The predicted molar refractivity (Wildman–Crippen MR) is 104 cm³/mol. The molecule has 3 aromatic carbocycles. The molecule has 1 N–H and O–H groups in total.